The van der Waals surface area contributed by atoms with Crippen LogP contribution in [0.4, 0.5) is 34.1 Å². The van der Waals surface area contributed by atoms with Crippen LogP contribution in [-0.2, 0) is 5.41 Å². The maximum Gasteiger partial charge on any atom is 0.0621 e. The van der Waals surface area contributed by atoms with Crippen molar-refractivity contribution in [2.45, 2.75) is 19.3 Å². The van der Waals surface area contributed by atoms with Gasteiger partial charge in [0.15, 0.2) is 0 Å². The Morgan fingerprint density at radius 1 is 0.333 bits per heavy atom. The molecule has 0 N–H and O–H groups in total. The molecule has 0 saturated carbocycles. The van der Waals surface area contributed by atoms with E-state index in [0.29, 0.717) is 0 Å². The second-order valence-electron chi connectivity index (χ2n) is 15.4. The summed E-state index contributed by atoms with van der Waals surface area (Å²) in [5, 5.41) is 2.45. The molecule has 2 heteroatoms. The molecule has 0 atom stereocenters. The molecule has 0 unspecified atom stereocenters. The molecule has 0 amide bonds. The van der Waals surface area contributed by atoms with Gasteiger partial charge in [0.05, 0.1) is 5.69 Å². The summed E-state index contributed by atoms with van der Waals surface area (Å²) in [6, 6.07) is 79.2. The van der Waals surface area contributed by atoms with E-state index in [1.807, 2.05) is 0 Å². The summed E-state index contributed by atoms with van der Waals surface area (Å²) < 4.78 is 0. The number of benzene rings is 9. The van der Waals surface area contributed by atoms with Gasteiger partial charge in [-0.1, -0.05) is 166 Å². The fourth-order valence-electron chi connectivity index (χ4n) is 8.77. The summed E-state index contributed by atoms with van der Waals surface area (Å²) in [4.78, 5) is 4.86. The number of hydrogen-bond donors (Lipinski definition) is 0. The van der Waals surface area contributed by atoms with E-state index in [0.717, 1.165) is 28.4 Å². The minimum atomic E-state index is -0.226. The molecule has 272 valence electrons. The lowest BCUT2D eigenvalue weighted by Gasteiger charge is -2.30. The molecule has 9 aromatic carbocycles. The normalized spacial score (nSPS) is 12.5. The Balaban J connectivity index is 1.19. The van der Waals surface area contributed by atoms with Crippen LogP contribution in [0.25, 0.3) is 44.2 Å². The summed E-state index contributed by atoms with van der Waals surface area (Å²) >= 11 is 0. The molecule has 0 saturated heterocycles. The quantitative estimate of drug-likeness (QED) is 0.154. The highest BCUT2D eigenvalue weighted by Crippen LogP contribution is 2.57. The first-order valence-corrected chi connectivity index (χ1v) is 19.8. The summed E-state index contributed by atoms with van der Waals surface area (Å²) in [6.07, 6.45) is 0. The predicted molar refractivity (Wildman–Crippen MR) is 242 cm³/mol. The third-order valence-corrected chi connectivity index (χ3v) is 11.6. The summed E-state index contributed by atoms with van der Waals surface area (Å²) in [6.45, 7) is 4.77. The molecule has 0 bridgehead atoms. The number of para-hydroxylation sites is 2. The van der Waals surface area contributed by atoms with Crippen LogP contribution in [0.3, 0.4) is 0 Å². The number of rotatable bonds is 8. The third kappa shape index (κ3) is 6.07. The highest BCUT2D eigenvalue weighted by molar-refractivity contribution is 6.10. The lowest BCUT2D eigenvalue weighted by atomic mass is 9.81. The van der Waals surface area contributed by atoms with Crippen LogP contribution in [-0.4, -0.2) is 0 Å². The Bertz CT molecular complexity index is 2830. The van der Waals surface area contributed by atoms with E-state index in [-0.39, 0.29) is 5.41 Å². The standard InChI is InChI=1S/C55H42N2/c1-55(2)51-36-35-48(56(44-22-11-5-12-23-44)46-31-27-41(28-32-46)39-17-7-3-8-18-39)38-50(51)53-52(55)37-43-21-15-16-26-49(43)54(53)57(45-24-13-6-14-25-45)47-33-29-42(30-34-47)40-19-9-4-10-20-40/h3-38H,1-2H3. The molecule has 10 rings (SSSR count). The zero-order valence-electron chi connectivity index (χ0n) is 32.2. The molecule has 1 aliphatic rings. The van der Waals surface area contributed by atoms with Crippen LogP contribution >= 0.6 is 0 Å². The molecule has 0 heterocycles. The van der Waals surface area contributed by atoms with Crippen LogP contribution in [0, 0.1) is 0 Å². The molecule has 9 aromatic rings. The molecule has 2 nitrogen and oxygen atoms in total. The van der Waals surface area contributed by atoms with Gasteiger partial charge in [0.25, 0.3) is 0 Å². The fourth-order valence-corrected chi connectivity index (χ4v) is 8.77. The van der Waals surface area contributed by atoms with Crippen molar-refractivity contribution < 1.29 is 0 Å². The van der Waals surface area contributed by atoms with Crippen LogP contribution in [0.5, 0.6) is 0 Å². The van der Waals surface area contributed by atoms with Crippen molar-refractivity contribution in [2.75, 3.05) is 9.80 Å². The van der Waals surface area contributed by atoms with Crippen molar-refractivity contribution in [3.05, 3.63) is 230 Å². The minimum Gasteiger partial charge on any atom is -0.310 e. The van der Waals surface area contributed by atoms with Gasteiger partial charge in [0.1, 0.15) is 0 Å². The molecular weight excluding hydrogens is 689 g/mol. The van der Waals surface area contributed by atoms with Crippen LogP contribution in [0.1, 0.15) is 25.0 Å². The van der Waals surface area contributed by atoms with E-state index >= 15 is 0 Å². The first kappa shape index (κ1) is 34.3. The Labute approximate surface area is 335 Å². The maximum atomic E-state index is 2.48. The maximum absolute atomic E-state index is 2.48. The highest BCUT2D eigenvalue weighted by Gasteiger charge is 2.39. The Hall–Kier alpha value is -7.16. The van der Waals surface area contributed by atoms with Crippen LogP contribution in [0.2, 0.25) is 0 Å². The average molecular weight is 731 g/mol. The Kier molecular flexibility index (Phi) is 8.53. The number of fused-ring (bicyclic) bond motifs is 4. The van der Waals surface area contributed by atoms with Crippen molar-refractivity contribution in [2.24, 2.45) is 0 Å². The molecule has 1 aliphatic carbocycles. The van der Waals surface area contributed by atoms with E-state index in [9.17, 15) is 0 Å². The van der Waals surface area contributed by atoms with Gasteiger partial charge in [-0.2, -0.15) is 0 Å². The summed E-state index contributed by atoms with van der Waals surface area (Å²) in [5.74, 6) is 0. The molecule has 0 radical (unpaired) electrons. The van der Waals surface area contributed by atoms with Gasteiger partial charge < -0.3 is 9.80 Å². The summed E-state index contributed by atoms with van der Waals surface area (Å²) in [5.41, 5.74) is 16.6. The van der Waals surface area contributed by atoms with E-state index in [4.69, 9.17) is 0 Å². The first-order valence-electron chi connectivity index (χ1n) is 19.8. The van der Waals surface area contributed by atoms with Crippen molar-refractivity contribution in [1.29, 1.82) is 0 Å². The van der Waals surface area contributed by atoms with E-state index in [1.54, 1.807) is 0 Å². The number of hydrogen-bond acceptors (Lipinski definition) is 2. The predicted octanol–water partition coefficient (Wildman–Crippen LogP) is 15.4. The van der Waals surface area contributed by atoms with Gasteiger partial charge in [-0.3, -0.25) is 0 Å². The summed E-state index contributed by atoms with van der Waals surface area (Å²) in [7, 11) is 0. The average Bonchev–Trinajstić information content (AvgIpc) is 3.50. The Morgan fingerprint density at radius 3 is 1.32 bits per heavy atom. The van der Waals surface area contributed by atoms with Crippen molar-refractivity contribution in [3.63, 3.8) is 0 Å². The van der Waals surface area contributed by atoms with E-state index in [1.165, 1.54) is 61.0 Å². The van der Waals surface area contributed by atoms with Crippen molar-refractivity contribution in [1.82, 2.24) is 0 Å². The highest BCUT2D eigenvalue weighted by atomic mass is 15.2. The molecule has 57 heavy (non-hydrogen) atoms. The van der Waals surface area contributed by atoms with Gasteiger partial charge >= 0.3 is 0 Å². The zero-order valence-corrected chi connectivity index (χ0v) is 32.2. The lowest BCUT2D eigenvalue weighted by Crippen LogP contribution is -2.16. The smallest absolute Gasteiger partial charge is 0.0621 e. The molecule has 0 aliphatic heterocycles. The number of nitrogens with zero attached hydrogens (tertiary/aromatic N) is 2. The molecular formula is C55H42N2. The van der Waals surface area contributed by atoms with Gasteiger partial charge in [-0.25, -0.2) is 0 Å². The van der Waals surface area contributed by atoms with Crippen LogP contribution < -0.4 is 9.80 Å². The van der Waals surface area contributed by atoms with Gasteiger partial charge in [-0.05, 0) is 111 Å². The van der Waals surface area contributed by atoms with E-state index in [2.05, 4.69) is 242 Å². The second-order valence-corrected chi connectivity index (χ2v) is 15.4. The number of anilines is 6. The molecule has 0 spiro atoms. The van der Waals surface area contributed by atoms with Gasteiger partial charge in [0, 0.05) is 44.8 Å². The SMILES string of the molecule is CC1(C)c2ccc(N(c3ccccc3)c3ccc(-c4ccccc4)cc3)cc2-c2c1cc1ccccc1c2N(c1ccccc1)c1ccc(-c2ccccc2)cc1. The van der Waals surface area contributed by atoms with Crippen LogP contribution in [0.15, 0.2) is 218 Å². The van der Waals surface area contributed by atoms with Gasteiger partial charge in [0.2, 0.25) is 0 Å². The first-order chi connectivity index (χ1) is 28.0. The van der Waals surface area contributed by atoms with Crippen molar-refractivity contribution in [3.8, 4) is 33.4 Å². The monoisotopic (exact) mass is 730 g/mol. The molecule has 0 fully saturated rings. The lowest BCUT2D eigenvalue weighted by molar-refractivity contribution is 0.661. The molecule has 0 aromatic heterocycles. The minimum absolute atomic E-state index is 0.226. The Morgan fingerprint density at radius 2 is 0.754 bits per heavy atom. The fraction of sp³-hybridized carbons (Fsp3) is 0.0545. The topological polar surface area (TPSA) is 6.48 Å². The van der Waals surface area contributed by atoms with Crippen molar-refractivity contribution >= 4 is 44.9 Å². The zero-order chi connectivity index (χ0) is 38.3. The second kappa shape index (κ2) is 14.2. The van der Waals surface area contributed by atoms with E-state index < -0.39 is 0 Å². The van der Waals surface area contributed by atoms with Gasteiger partial charge in [-0.15, -0.1) is 0 Å². The third-order valence-electron chi connectivity index (χ3n) is 11.6. The largest absolute Gasteiger partial charge is 0.310 e.